The summed E-state index contributed by atoms with van der Waals surface area (Å²) in [4.78, 5) is 0. The topological polar surface area (TPSA) is 0 Å². The molecule has 0 amide bonds. The fourth-order valence-electron chi connectivity index (χ4n) is 5.01. The lowest BCUT2D eigenvalue weighted by atomic mass is 9.78. The summed E-state index contributed by atoms with van der Waals surface area (Å²) in [6, 6.07) is 10.4. The highest BCUT2D eigenvalue weighted by Crippen LogP contribution is 2.34. The Bertz CT molecular complexity index is 1210. The van der Waals surface area contributed by atoms with Crippen LogP contribution in [0.4, 0.5) is 17.6 Å². The first-order valence-corrected chi connectivity index (χ1v) is 12.3. The maximum Gasteiger partial charge on any atom is 0.195 e. The predicted molar refractivity (Wildman–Crippen MR) is 129 cm³/mol. The molecule has 1 saturated carbocycles. The van der Waals surface area contributed by atoms with E-state index >= 15 is 0 Å². The maximum absolute atomic E-state index is 14.6. The normalized spacial score (nSPS) is 18.0. The number of hydrogen-bond donors (Lipinski definition) is 0. The molecule has 1 aliphatic carbocycles. The third kappa shape index (κ3) is 5.81. The van der Waals surface area contributed by atoms with E-state index in [9.17, 15) is 17.6 Å². The van der Waals surface area contributed by atoms with Gasteiger partial charge in [0.1, 0.15) is 5.82 Å². The van der Waals surface area contributed by atoms with E-state index in [4.69, 9.17) is 0 Å². The Kier molecular flexibility index (Phi) is 7.93. The van der Waals surface area contributed by atoms with Gasteiger partial charge in [0.05, 0.1) is 5.56 Å². The van der Waals surface area contributed by atoms with E-state index in [-0.39, 0.29) is 22.2 Å². The lowest BCUT2D eigenvalue weighted by molar-refractivity contribution is 0.250. The van der Waals surface area contributed by atoms with Gasteiger partial charge < -0.3 is 0 Å². The van der Waals surface area contributed by atoms with Crippen molar-refractivity contribution in [2.75, 3.05) is 0 Å². The van der Waals surface area contributed by atoms with Crippen LogP contribution in [0, 0.1) is 46.9 Å². The van der Waals surface area contributed by atoms with Gasteiger partial charge in [-0.1, -0.05) is 75.8 Å². The molecule has 0 unspecified atom stereocenters. The van der Waals surface area contributed by atoms with Gasteiger partial charge in [0.2, 0.25) is 0 Å². The molecule has 1 aliphatic rings. The Labute approximate surface area is 199 Å². The van der Waals surface area contributed by atoms with Crippen LogP contribution in [0.2, 0.25) is 0 Å². The summed E-state index contributed by atoms with van der Waals surface area (Å²) < 4.78 is 55.5. The van der Waals surface area contributed by atoms with E-state index in [0.717, 1.165) is 36.3 Å². The summed E-state index contributed by atoms with van der Waals surface area (Å²) in [5, 5.41) is 0.188. The number of halogens is 4. The van der Waals surface area contributed by atoms with Crippen molar-refractivity contribution in [3.05, 3.63) is 82.4 Å². The minimum Gasteiger partial charge on any atom is -0.206 e. The second-order valence-electron chi connectivity index (χ2n) is 9.55. The molecule has 0 spiro atoms. The van der Waals surface area contributed by atoms with Crippen LogP contribution in [-0.4, -0.2) is 0 Å². The standard InChI is InChI=1S/C30H30F4/c1-2-3-4-20-5-7-21(8-6-20)9-10-23-12-15-24(27(31)18-23)14-11-22-13-16-26-25(17-22)19-28(32)30(34)29(26)33/h12-13,15-21H,2-10H2,1H3. The Morgan fingerprint density at radius 2 is 1.50 bits per heavy atom. The van der Waals surface area contributed by atoms with Gasteiger partial charge >= 0.3 is 0 Å². The molecule has 0 N–H and O–H groups in total. The lowest BCUT2D eigenvalue weighted by Gasteiger charge is -2.28. The van der Waals surface area contributed by atoms with E-state index in [1.165, 1.54) is 63.1 Å². The highest BCUT2D eigenvalue weighted by molar-refractivity contribution is 5.84. The van der Waals surface area contributed by atoms with Gasteiger partial charge in [-0.15, -0.1) is 0 Å². The van der Waals surface area contributed by atoms with Crippen LogP contribution < -0.4 is 0 Å². The minimum atomic E-state index is -1.49. The molecule has 0 aliphatic heterocycles. The zero-order valence-corrected chi connectivity index (χ0v) is 19.6. The van der Waals surface area contributed by atoms with Gasteiger partial charge in [-0.3, -0.25) is 0 Å². The van der Waals surface area contributed by atoms with Crippen LogP contribution in [0.25, 0.3) is 10.8 Å². The Hall–Kier alpha value is -2.80. The number of aryl methyl sites for hydroxylation is 1. The van der Waals surface area contributed by atoms with Crippen molar-refractivity contribution in [2.45, 2.75) is 64.7 Å². The van der Waals surface area contributed by atoms with Crippen molar-refractivity contribution in [2.24, 2.45) is 11.8 Å². The van der Waals surface area contributed by atoms with Crippen molar-refractivity contribution in [1.29, 1.82) is 0 Å². The van der Waals surface area contributed by atoms with Crippen molar-refractivity contribution in [3.8, 4) is 11.8 Å². The van der Waals surface area contributed by atoms with Crippen LogP contribution >= 0.6 is 0 Å². The zero-order chi connectivity index (χ0) is 24.1. The zero-order valence-electron chi connectivity index (χ0n) is 19.6. The van der Waals surface area contributed by atoms with Gasteiger partial charge in [0, 0.05) is 10.9 Å². The molecule has 34 heavy (non-hydrogen) atoms. The second-order valence-corrected chi connectivity index (χ2v) is 9.55. The summed E-state index contributed by atoms with van der Waals surface area (Å²) >= 11 is 0. The molecule has 3 aromatic rings. The first-order chi connectivity index (χ1) is 16.4. The molecule has 4 heteroatoms. The molecule has 3 aromatic carbocycles. The first kappa shape index (κ1) is 24.3. The van der Waals surface area contributed by atoms with Gasteiger partial charge in [-0.05, 0) is 66.0 Å². The van der Waals surface area contributed by atoms with E-state index < -0.39 is 17.5 Å². The number of unbranched alkanes of at least 4 members (excludes halogenated alkanes) is 1. The monoisotopic (exact) mass is 466 g/mol. The Balaban J connectivity index is 1.38. The molecule has 0 saturated heterocycles. The van der Waals surface area contributed by atoms with Gasteiger partial charge in [-0.2, -0.15) is 0 Å². The van der Waals surface area contributed by atoms with Crippen LogP contribution in [0.1, 0.15) is 75.0 Å². The Morgan fingerprint density at radius 1 is 0.765 bits per heavy atom. The summed E-state index contributed by atoms with van der Waals surface area (Å²) in [6.07, 6.45) is 11.2. The number of hydrogen-bond acceptors (Lipinski definition) is 0. The summed E-state index contributed by atoms with van der Waals surface area (Å²) in [7, 11) is 0. The third-order valence-corrected chi connectivity index (χ3v) is 7.12. The number of benzene rings is 3. The fraction of sp³-hybridized carbons (Fsp3) is 0.400. The van der Waals surface area contributed by atoms with E-state index in [0.29, 0.717) is 5.56 Å². The van der Waals surface area contributed by atoms with E-state index in [2.05, 4.69) is 18.8 Å². The van der Waals surface area contributed by atoms with Gasteiger partial charge in [-0.25, -0.2) is 17.6 Å². The molecule has 0 radical (unpaired) electrons. The molecule has 0 heterocycles. The quantitative estimate of drug-likeness (QED) is 0.194. The lowest BCUT2D eigenvalue weighted by Crippen LogP contribution is -2.15. The fourth-order valence-corrected chi connectivity index (χ4v) is 5.01. The van der Waals surface area contributed by atoms with E-state index in [1.54, 1.807) is 12.1 Å². The SMILES string of the molecule is CCCCC1CCC(CCc2ccc(C#Cc3ccc4c(F)c(F)c(F)cc4c3)c(F)c2)CC1. The minimum absolute atomic E-state index is 0.0190. The molecular formula is C30H30F4. The van der Waals surface area contributed by atoms with Crippen LogP contribution in [-0.2, 0) is 6.42 Å². The van der Waals surface area contributed by atoms with Crippen LogP contribution in [0.5, 0.6) is 0 Å². The summed E-state index contributed by atoms with van der Waals surface area (Å²) in [5.41, 5.74) is 1.72. The van der Waals surface area contributed by atoms with Crippen molar-refractivity contribution in [3.63, 3.8) is 0 Å². The van der Waals surface area contributed by atoms with Crippen LogP contribution in [0.3, 0.4) is 0 Å². The summed E-state index contributed by atoms with van der Waals surface area (Å²) in [6.45, 7) is 2.25. The number of rotatable bonds is 6. The predicted octanol–water partition coefficient (Wildman–Crippen LogP) is 8.73. The molecule has 178 valence electrons. The molecule has 0 atom stereocenters. The first-order valence-electron chi connectivity index (χ1n) is 12.3. The van der Waals surface area contributed by atoms with Crippen LogP contribution in [0.15, 0.2) is 42.5 Å². The van der Waals surface area contributed by atoms with Gasteiger partial charge in [0.15, 0.2) is 17.5 Å². The third-order valence-electron chi connectivity index (χ3n) is 7.12. The Morgan fingerprint density at radius 3 is 2.21 bits per heavy atom. The molecule has 0 aromatic heterocycles. The highest BCUT2D eigenvalue weighted by Gasteiger charge is 2.20. The molecule has 1 fully saturated rings. The number of fused-ring (bicyclic) bond motifs is 1. The average molecular weight is 467 g/mol. The van der Waals surface area contributed by atoms with Crippen molar-refractivity contribution < 1.29 is 17.6 Å². The molecule has 0 nitrogen and oxygen atoms in total. The molecule has 4 rings (SSSR count). The highest BCUT2D eigenvalue weighted by atomic mass is 19.2. The largest absolute Gasteiger partial charge is 0.206 e. The molecular weight excluding hydrogens is 436 g/mol. The molecule has 0 bridgehead atoms. The smallest absolute Gasteiger partial charge is 0.195 e. The summed E-state index contributed by atoms with van der Waals surface area (Å²) in [5.74, 6) is 2.94. The second kappa shape index (κ2) is 11.1. The van der Waals surface area contributed by atoms with Gasteiger partial charge in [0.25, 0.3) is 0 Å². The van der Waals surface area contributed by atoms with Crippen molar-refractivity contribution >= 4 is 10.8 Å². The van der Waals surface area contributed by atoms with Crippen molar-refractivity contribution in [1.82, 2.24) is 0 Å². The average Bonchev–Trinajstić information content (AvgIpc) is 2.84. The maximum atomic E-state index is 14.6. The van der Waals surface area contributed by atoms with E-state index in [1.807, 2.05) is 6.07 Å².